The molecule has 10 nitrogen and oxygen atoms in total. The van der Waals surface area contributed by atoms with Crippen LogP contribution in [0.25, 0.3) is 0 Å². The van der Waals surface area contributed by atoms with Crippen molar-refractivity contribution in [2.75, 3.05) is 26.4 Å². The molecule has 0 aromatic heterocycles. The highest BCUT2D eigenvalue weighted by molar-refractivity contribution is 7.47. The minimum absolute atomic E-state index is 0.184. The lowest BCUT2D eigenvalue weighted by atomic mass is 10.1. The standard InChI is InChI=1S/C31H59O10P/c1-3-5-7-9-10-11-12-13-14-15-16-17-18-19-21-23-31(35)41-29(25-33)27-39-42(36,37)38-26-28(24-32)40-30(34)22-20-8-6-4-2/h13-14,28-29,32-33H,3-12,15-27H2,1-2H3,(H,36,37)/b14-13-. The minimum Gasteiger partial charge on any atom is -0.457 e. The van der Waals surface area contributed by atoms with Crippen molar-refractivity contribution in [1.82, 2.24) is 0 Å². The second kappa shape index (κ2) is 28.5. The number of carbonyl (C=O) groups excluding carboxylic acids is 2. The maximum absolute atomic E-state index is 12.2. The van der Waals surface area contributed by atoms with E-state index in [4.69, 9.17) is 18.5 Å². The fourth-order valence-electron chi connectivity index (χ4n) is 4.17. The molecule has 0 heterocycles. The molecule has 0 aliphatic carbocycles. The van der Waals surface area contributed by atoms with Crippen molar-refractivity contribution < 1.29 is 47.8 Å². The smallest absolute Gasteiger partial charge is 0.457 e. The second-order valence-corrected chi connectivity index (χ2v) is 12.2. The highest BCUT2D eigenvalue weighted by Crippen LogP contribution is 2.43. The summed E-state index contributed by atoms with van der Waals surface area (Å²) in [5.41, 5.74) is 0. The number of allylic oxidation sites excluding steroid dienone is 2. The summed E-state index contributed by atoms with van der Waals surface area (Å²) in [4.78, 5) is 33.8. The third-order valence-corrected chi connectivity index (χ3v) is 7.68. The monoisotopic (exact) mass is 622 g/mol. The number of aliphatic hydroxyl groups excluding tert-OH is 2. The molecule has 248 valence electrons. The van der Waals surface area contributed by atoms with E-state index in [2.05, 4.69) is 26.0 Å². The Morgan fingerprint density at radius 2 is 0.976 bits per heavy atom. The van der Waals surface area contributed by atoms with E-state index >= 15 is 0 Å². The fraction of sp³-hybridized carbons (Fsp3) is 0.871. The topological polar surface area (TPSA) is 149 Å². The molecule has 0 spiro atoms. The summed E-state index contributed by atoms with van der Waals surface area (Å²) in [6.07, 6.45) is 21.2. The van der Waals surface area contributed by atoms with Crippen LogP contribution < -0.4 is 0 Å². The van der Waals surface area contributed by atoms with Crippen molar-refractivity contribution in [3.63, 3.8) is 0 Å². The Balaban J connectivity index is 3.98. The van der Waals surface area contributed by atoms with Crippen LogP contribution >= 0.6 is 7.82 Å². The molecular formula is C31H59O10P. The summed E-state index contributed by atoms with van der Waals surface area (Å²) >= 11 is 0. The highest BCUT2D eigenvalue weighted by atomic mass is 31.2. The average Bonchev–Trinajstić information content (AvgIpc) is 2.97. The van der Waals surface area contributed by atoms with Gasteiger partial charge in [-0.25, -0.2) is 4.57 Å². The van der Waals surface area contributed by atoms with Crippen LogP contribution in [0.3, 0.4) is 0 Å². The van der Waals surface area contributed by atoms with Crippen molar-refractivity contribution in [3.05, 3.63) is 12.2 Å². The van der Waals surface area contributed by atoms with E-state index in [0.717, 1.165) is 57.8 Å². The predicted octanol–water partition coefficient (Wildman–Crippen LogP) is 6.94. The third kappa shape index (κ3) is 26.3. The van der Waals surface area contributed by atoms with Gasteiger partial charge in [-0.3, -0.25) is 18.6 Å². The Bertz CT molecular complexity index is 731. The molecule has 42 heavy (non-hydrogen) atoms. The summed E-state index contributed by atoms with van der Waals surface area (Å²) in [5.74, 6) is -1.05. The molecule has 11 heteroatoms. The molecular weight excluding hydrogens is 563 g/mol. The molecule has 0 aliphatic rings. The zero-order chi connectivity index (χ0) is 31.3. The molecule has 0 bridgehead atoms. The third-order valence-electron chi connectivity index (χ3n) is 6.73. The van der Waals surface area contributed by atoms with Gasteiger partial charge >= 0.3 is 19.8 Å². The van der Waals surface area contributed by atoms with Gasteiger partial charge in [-0.05, 0) is 38.5 Å². The summed E-state index contributed by atoms with van der Waals surface area (Å²) in [6.45, 7) is 2.01. The van der Waals surface area contributed by atoms with Gasteiger partial charge in [0.1, 0.15) is 12.2 Å². The number of unbranched alkanes of at least 4 members (excludes halogenated alkanes) is 14. The van der Waals surface area contributed by atoms with Crippen LogP contribution in [0, 0.1) is 0 Å². The molecule has 0 aliphatic heterocycles. The van der Waals surface area contributed by atoms with Gasteiger partial charge in [0.05, 0.1) is 26.4 Å². The van der Waals surface area contributed by atoms with E-state index in [1.807, 2.05) is 0 Å². The van der Waals surface area contributed by atoms with Gasteiger partial charge in [0.2, 0.25) is 0 Å². The Morgan fingerprint density at radius 3 is 1.38 bits per heavy atom. The van der Waals surface area contributed by atoms with Gasteiger partial charge < -0.3 is 24.6 Å². The largest absolute Gasteiger partial charge is 0.472 e. The number of ether oxygens (including phenoxy) is 2. The van der Waals surface area contributed by atoms with Gasteiger partial charge in [0.25, 0.3) is 0 Å². The lowest BCUT2D eigenvalue weighted by Gasteiger charge is -2.20. The molecule has 3 N–H and O–H groups in total. The van der Waals surface area contributed by atoms with Gasteiger partial charge in [-0.15, -0.1) is 0 Å². The van der Waals surface area contributed by atoms with Crippen LogP contribution in [0.15, 0.2) is 12.2 Å². The van der Waals surface area contributed by atoms with Gasteiger partial charge in [0.15, 0.2) is 0 Å². The van der Waals surface area contributed by atoms with Crippen molar-refractivity contribution >= 4 is 19.8 Å². The van der Waals surface area contributed by atoms with Gasteiger partial charge in [-0.1, -0.05) is 96.6 Å². The molecule has 0 aromatic carbocycles. The molecule has 0 rings (SSSR count). The number of aliphatic hydroxyl groups is 2. The molecule has 0 aromatic rings. The number of hydrogen-bond acceptors (Lipinski definition) is 9. The highest BCUT2D eigenvalue weighted by Gasteiger charge is 2.27. The van der Waals surface area contributed by atoms with E-state index in [-0.39, 0.29) is 12.8 Å². The van der Waals surface area contributed by atoms with Crippen LogP contribution in [0.5, 0.6) is 0 Å². The first kappa shape index (κ1) is 40.7. The number of rotatable bonds is 30. The second-order valence-electron chi connectivity index (χ2n) is 10.8. The van der Waals surface area contributed by atoms with Crippen molar-refractivity contribution in [2.45, 2.75) is 148 Å². The van der Waals surface area contributed by atoms with E-state index in [1.165, 1.54) is 38.5 Å². The van der Waals surface area contributed by atoms with Gasteiger partial charge in [0, 0.05) is 12.8 Å². The fourth-order valence-corrected chi connectivity index (χ4v) is 4.95. The number of carbonyl (C=O) groups is 2. The summed E-state index contributed by atoms with van der Waals surface area (Å²) in [5, 5.41) is 18.8. The molecule has 3 atom stereocenters. The SMILES string of the molecule is CCCCCCCC/C=C\CCCCCCCC(=O)OC(CO)COP(=O)(O)OCC(CO)OC(=O)CCCCCC. The first-order chi connectivity index (χ1) is 20.3. The maximum Gasteiger partial charge on any atom is 0.472 e. The van der Waals surface area contributed by atoms with Crippen molar-refractivity contribution in [1.29, 1.82) is 0 Å². The van der Waals surface area contributed by atoms with Crippen LogP contribution in [0.1, 0.15) is 136 Å². The molecule has 0 saturated carbocycles. The maximum atomic E-state index is 12.2. The summed E-state index contributed by atoms with van der Waals surface area (Å²) < 4.78 is 32.0. The zero-order valence-electron chi connectivity index (χ0n) is 26.2. The zero-order valence-corrected chi connectivity index (χ0v) is 27.1. The van der Waals surface area contributed by atoms with Crippen molar-refractivity contribution in [3.8, 4) is 0 Å². The summed E-state index contributed by atoms with van der Waals surface area (Å²) in [7, 11) is -4.61. The Morgan fingerprint density at radius 1 is 0.619 bits per heavy atom. The van der Waals surface area contributed by atoms with Gasteiger partial charge in [-0.2, -0.15) is 0 Å². The average molecular weight is 623 g/mol. The van der Waals surface area contributed by atoms with E-state index < -0.39 is 58.4 Å². The summed E-state index contributed by atoms with van der Waals surface area (Å²) in [6, 6.07) is 0. The van der Waals surface area contributed by atoms with E-state index in [9.17, 15) is 29.3 Å². The molecule has 0 fully saturated rings. The van der Waals surface area contributed by atoms with Crippen LogP contribution in [0.4, 0.5) is 0 Å². The van der Waals surface area contributed by atoms with Crippen LogP contribution in [-0.4, -0.2) is 65.7 Å². The lowest BCUT2D eigenvalue weighted by molar-refractivity contribution is -0.153. The number of phosphoric ester groups is 1. The van der Waals surface area contributed by atoms with E-state index in [0.29, 0.717) is 12.8 Å². The number of hydrogen-bond donors (Lipinski definition) is 3. The Labute approximate surface area is 254 Å². The van der Waals surface area contributed by atoms with E-state index in [1.54, 1.807) is 0 Å². The minimum atomic E-state index is -4.61. The Hall–Kier alpha value is -1.29. The molecule has 0 radical (unpaired) electrons. The van der Waals surface area contributed by atoms with Crippen molar-refractivity contribution in [2.24, 2.45) is 0 Å². The van der Waals surface area contributed by atoms with Crippen LogP contribution in [-0.2, 0) is 32.7 Å². The normalized spacial score (nSPS) is 14.5. The first-order valence-corrected chi connectivity index (χ1v) is 17.6. The molecule has 0 saturated heterocycles. The lowest BCUT2D eigenvalue weighted by Crippen LogP contribution is -2.28. The Kier molecular flexibility index (Phi) is 27.6. The van der Waals surface area contributed by atoms with Crippen LogP contribution in [0.2, 0.25) is 0 Å². The number of phosphoric acid groups is 1. The predicted molar refractivity (Wildman–Crippen MR) is 164 cm³/mol. The first-order valence-electron chi connectivity index (χ1n) is 16.1. The molecule has 3 unspecified atom stereocenters. The quantitative estimate of drug-likeness (QED) is 0.0333. The number of esters is 2. The molecule has 0 amide bonds.